The Labute approximate surface area is 153 Å². The smallest absolute Gasteiger partial charge is 0.216 e. The Morgan fingerprint density at radius 1 is 1.00 bits per heavy atom. The van der Waals surface area contributed by atoms with Gasteiger partial charge in [0.1, 0.15) is 0 Å². The van der Waals surface area contributed by atoms with Crippen molar-refractivity contribution >= 4 is 20.0 Å². The minimum atomic E-state index is -3.28. The highest BCUT2D eigenvalue weighted by molar-refractivity contribution is 7.90. The summed E-state index contributed by atoms with van der Waals surface area (Å²) in [6.07, 6.45) is 0.998. The van der Waals surface area contributed by atoms with E-state index in [1.165, 1.54) is 0 Å². The number of rotatable bonds is 11. The fourth-order valence-corrected chi connectivity index (χ4v) is 4.69. The van der Waals surface area contributed by atoms with E-state index in [1.54, 1.807) is 25.1 Å². The molecule has 1 unspecified atom stereocenters. The highest BCUT2D eigenvalue weighted by Gasteiger charge is 2.30. The summed E-state index contributed by atoms with van der Waals surface area (Å²) in [5.41, 5.74) is 0. The van der Waals surface area contributed by atoms with Gasteiger partial charge in [-0.1, -0.05) is 0 Å². The van der Waals surface area contributed by atoms with Gasteiger partial charge in [0.05, 0.1) is 10.5 Å². The first-order valence-electron chi connectivity index (χ1n) is 8.81. The average molecular weight is 400 g/mol. The van der Waals surface area contributed by atoms with Gasteiger partial charge in [-0.2, -0.15) is 4.31 Å². The summed E-state index contributed by atoms with van der Waals surface area (Å²) in [7, 11) is -4.52. The second-order valence-electron chi connectivity index (χ2n) is 6.80. The predicted molar refractivity (Wildman–Crippen MR) is 99.6 cm³/mol. The molecule has 1 aliphatic heterocycles. The summed E-state index contributed by atoms with van der Waals surface area (Å²) < 4.78 is 57.7. The van der Waals surface area contributed by atoms with Crippen LogP contribution in [0.4, 0.5) is 0 Å². The van der Waals surface area contributed by atoms with E-state index < -0.39 is 30.5 Å². The largest absolute Gasteiger partial charge is 0.381 e. The normalized spacial score (nSPS) is 19.4. The Morgan fingerprint density at radius 3 is 2.16 bits per heavy atom. The fourth-order valence-electron chi connectivity index (χ4n) is 2.35. The molecule has 1 atom stereocenters. The van der Waals surface area contributed by atoms with Crippen molar-refractivity contribution in [3.05, 3.63) is 0 Å². The van der Waals surface area contributed by atoms with E-state index in [-0.39, 0.29) is 0 Å². The lowest BCUT2D eigenvalue weighted by molar-refractivity contribution is 0.129. The zero-order valence-electron chi connectivity index (χ0n) is 15.8. The lowest BCUT2D eigenvalue weighted by Crippen LogP contribution is -2.49. The van der Waals surface area contributed by atoms with Gasteiger partial charge in [0, 0.05) is 45.9 Å². The molecule has 0 aromatic carbocycles. The molecule has 1 N–H and O–H groups in total. The van der Waals surface area contributed by atoms with Crippen LogP contribution >= 0.6 is 0 Å². The van der Waals surface area contributed by atoms with Crippen LogP contribution in [0.25, 0.3) is 0 Å². The summed E-state index contributed by atoms with van der Waals surface area (Å²) in [5.74, 6) is 0. The first-order chi connectivity index (χ1) is 11.6. The molecule has 0 radical (unpaired) electrons. The molecule has 8 nitrogen and oxygen atoms in total. The monoisotopic (exact) mass is 399 g/mol. The van der Waals surface area contributed by atoms with Crippen molar-refractivity contribution in [2.24, 2.45) is 0 Å². The number of sulfonamides is 2. The SMILES string of the molecule is CC(C)S(=O)(=O)NCCCOCCC(C)S(=O)(=O)N1CCN(C)CC1. The second kappa shape index (κ2) is 10.2. The quantitative estimate of drug-likeness (QED) is 0.494. The van der Waals surface area contributed by atoms with Gasteiger partial charge in [-0.15, -0.1) is 0 Å². The Hall–Kier alpha value is -0.260. The second-order valence-corrected chi connectivity index (χ2v) is 11.5. The molecule has 0 saturated carbocycles. The van der Waals surface area contributed by atoms with Crippen LogP contribution < -0.4 is 4.72 Å². The van der Waals surface area contributed by atoms with E-state index in [1.807, 2.05) is 7.05 Å². The van der Waals surface area contributed by atoms with E-state index in [2.05, 4.69) is 9.62 Å². The molecule has 1 saturated heterocycles. The van der Waals surface area contributed by atoms with E-state index in [9.17, 15) is 16.8 Å². The number of nitrogens with one attached hydrogen (secondary N) is 1. The highest BCUT2D eigenvalue weighted by Crippen LogP contribution is 2.14. The molecular weight excluding hydrogens is 366 g/mol. The summed E-state index contributed by atoms with van der Waals surface area (Å²) in [4.78, 5) is 2.12. The van der Waals surface area contributed by atoms with Crippen LogP contribution in [0.5, 0.6) is 0 Å². The van der Waals surface area contributed by atoms with Crippen molar-refractivity contribution in [2.45, 2.75) is 44.1 Å². The van der Waals surface area contributed by atoms with Crippen LogP contribution in [0.3, 0.4) is 0 Å². The predicted octanol–water partition coefficient (Wildman–Crippen LogP) is 0.0767. The minimum absolute atomic E-state index is 0.329. The number of likely N-dealkylation sites (N-methyl/N-ethyl adjacent to an activating group) is 1. The summed E-state index contributed by atoms with van der Waals surface area (Å²) in [6.45, 7) is 8.65. The van der Waals surface area contributed by atoms with Crippen LogP contribution in [-0.2, 0) is 24.8 Å². The van der Waals surface area contributed by atoms with Gasteiger partial charge in [-0.25, -0.2) is 21.6 Å². The number of ether oxygens (including phenoxy) is 1. The third-order valence-corrected chi connectivity index (χ3v) is 8.57. The maximum Gasteiger partial charge on any atom is 0.216 e. The Kier molecular flexibility index (Phi) is 9.27. The number of piperazine rings is 1. The van der Waals surface area contributed by atoms with Crippen molar-refractivity contribution in [3.63, 3.8) is 0 Å². The molecule has 150 valence electrons. The summed E-state index contributed by atoms with van der Waals surface area (Å²) in [5, 5.41) is -0.926. The molecule has 1 fully saturated rings. The van der Waals surface area contributed by atoms with Gasteiger partial charge < -0.3 is 9.64 Å². The Morgan fingerprint density at radius 2 is 1.60 bits per heavy atom. The topological polar surface area (TPSA) is 96.0 Å². The first-order valence-corrected chi connectivity index (χ1v) is 11.9. The maximum absolute atomic E-state index is 12.5. The first kappa shape index (κ1) is 22.8. The van der Waals surface area contributed by atoms with Gasteiger partial charge in [0.2, 0.25) is 20.0 Å². The van der Waals surface area contributed by atoms with Crippen LogP contribution in [0.2, 0.25) is 0 Å². The molecule has 0 aromatic rings. The third-order valence-electron chi connectivity index (χ3n) is 4.39. The minimum Gasteiger partial charge on any atom is -0.381 e. The van der Waals surface area contributed by atoms with Gasteiger partial charge in [-0.3, -0.25) is 0 Å². The van der Waals surface area contributed by atoms with Crippen molar-refractivity contribution < 1.29 is 21.6 Å². The molecule has 1 aliphatic rings. The maximum atomic E-state index is 12.5. The van der Waals surface area contributed by atoms with Gasteiger partial charge in [-0.05, 0) is 40.7 Å². The van der Waals surface area contributed by atoms with E-state index in [0.29, 0.717) is 45.7 Å². The lowest BCUT2D eigenvalue weighted by atomic mass is 10.3. The molecule has 1 rings (SSSR count). The molecule has 0 aliphatic carbocycles. The zero-order valence-corrected chi connectivity index (χ0v) is 17.4. The summed E-state index contributed by atoms with van der Waals surface area (Å²) in [6, 6.07) is 0. The average Bonchev–Trinajstić information content (AvgIpc) is 2.53. The number of nitrogens with zero attached hydrogens (tertiary/aromatic N) is 2. The fraction of sp³-hybridized carbons (Fsp3) is 1.00. The van der Waals surface area contributed by atoms with Crippen LogP contribution in [-0.4, -0.2) is 89.5 Å². The molecule has 0 aromatic heterocycles. The van der Waals surface area contributed by atoms with Gasteiger partial charge in [0.25, 0.3) is 0 Å². The standard InChI is InChI=1S/C15H33N3O5S2/c1-14(2)24(19,20)16-7-5-12-23-13-6-15(3)25(21,22)18-10-8-17(4)9-11-18/h14-16H,5-13H2,1-4H3. The Bertz CT molecular complexity index is 584. The molecule has 1 heterocycles. The highest BCUT2D eigenvalue weighted by atomic mass is 32.2. The molecule has 25 heavy (non-hydrogen) atoms. The third kappa shape index (κ3) is 7.48. The Balaban J connectivity index is 2.21. The van der Waals surface area contributed by atoms with Crippen molar-refractivity contribution in [1.29, 1.82) is 0 Å². The van der Waals surface area contributed by atoms with E-state index >= 15 is 0 Å². The van der Waals surface area contributed by atoms with Crippen molar-refractivity contribution in [3.8, 4) is 0 Å². The zero-order chi connectivity index (χ0) is 19.1. The molecule has 0 spiro atoms. The number of hydrogen-bond acceptors (Lipinski definition) is 6. The number of hydrogen-bond donors (Lipinski definition) is 1. The van der Waals surface area contributed by atoms with Crippen molar-refractivity contribution in [1.82, 2.24) is 13.9 Å². The van der Waals surface area contributed by atoms with E-state index in [4.69, 9.17) is 4.74 Å². The molecule has 0 amide bonds. The molecule has 10 heteroatoms. The molecular formula is C15H33N3O5S2. The van der Waals surface area contributed by atoms with Crippen LogP contribution in [0, 0.1) is 0 Å². The van der Waals surface area contributed by atoms with Crippen LogP contribution in [0.1, 0.15) is 33.6 Å². The van der Waals surface area contributed by atoms with Crippen molar-refractivity contribution in [2.75, 3.05) is 53.0 Å². The van der Waals surface area contributed by atoms with Gasteiger partial charge in [0.15, 0.2) is 0 Å². The van der Waals surface area contributed by atoms with E-state index in [0.717, 1.165) is 13.1 Å². The molecule has 0 bridgehead atoms. The summed E-state index contributed by atoms with van der Waals surface area (Å²) >= 11 is 0. The van der Waals surface area contributed by atoms with Gasteiger partial charge >= 0.3 is 0 Å². The lowest BCUT2D eigenvalue weighted by Gasteiger charge is -2.33. The van der Waals surface area contributed by atoms with Crippen LogP contribution in [0.15, 0.2) is 0 Å².